The molecule has 1 aromatic heterocycles. The van der Waals surface area contributed by atoms with Gasteiger partial charge < -0.3 is 10.2 Å². The molecule has 3 aromatic rings. The summed E-state index contributed by atoms with van der Waals surface area (Å²) in [6.07, 6.45) is 2.39. The second-order valence-electron chi connectivity index (χ2n) is 7.96. The molecule has 164 valence electrons. The Morgan fingerprint density at radius 2 is 1.97 bits per heavy atom. The highest BCUT2D eigenvalue weighted by molar-refractivity contribution is 9.10. The molecule has 3 unspecified atom stereocenters. The minimum Gasteiger partial charge on any atom is -0.338 e. The quantitative estimate of drug-likeness (QED) is 0.553. The summed E-state index contributed by atoms with van der Waals surface area (Å²) in [5.74, 6) is 1.03. The lowest BCUT2D eigenvalue weighted by molar-refractivity contribution is 0.0933. The molecular weight excluding hydrogens is 493 g/mol. The highest BCUT2D eigenvalue weighted by Gasteiger charge is 2.52. The fraction of sp³-hybridized carbons (Fsp3) is 0.261. The minimum atomic E-state index is -0.454. The molecule has 6 nitrogen and oxygen atoms in total. The van der Waals surface area contributed by atoms with Crippen molar-refractivity contribution in [1.29, 1.82) is 0 Å². The Labute approximate surface area is 198 Å². The SMILES string of the molecule is O=C(NC1NC2(c3cccc(Br)c3)CN(c3ncc(F)cn3)CC2CS1)c1ccccc1. The first-order chi connectivity index (χ1) is 15.5. The molecule has 0 radical (unpaired) electrons. The lowest BCUT2D eigenvalue weighted by Crippen LogP contribution is -2.61. The van der Waals surface area contributed by atoms with Crippen LogP contribution in [0, 0.1) is 11.7 Å². The molecule has 2 aliphatic rings. The van der Waals surface area contributed by atoms with Gasteiger partial charge in [0.1, 0.15) is 5.50 Å². The summed E-state index contributed by atoms with van der Waals surface area (Å²) >= 11 is 5.27. The molecule has 0 saturated carbocycles. The maximum atomic E-state index is 13.4. The predicted molar refractivity (Wildman–Crippen MR) is 127 cm³/mol. The van der Waals surface area contributed by atoms with Gasteiger partial charge in [0.25, 0.3) is 5.91 Å². The zero-order chi connectivity index (χ0) is 22.1. The Morgan fingerprint density at radius 1 is 1.19 bits per heavy atom. The van der Waals surface area contributed by atoms with E-state index < -0.39 is 11.4 Å². The zero-order valence-corrected chi connectivity index (χ0v) is 19.4. The van der Waals surface area contributed by atoms with Gasteiger partial charge in [0.05, 0.1) is 17.9 Å². The Kier molecular flexibility index (Phi) is 5.88. The number of hydrogen-bond acceptors (Lipinski definition) is 6. The number of nitrogens with one attached hydrogen (secondary N) is 2. The molecular formula is C23H21BrFN5OS. The highest BCUT2D eigenvalue weighted by Crippen LogP contribution is 2.44. The van der Waals surface area contributed by atoms with Crippen LogP contribution in [-0.2, 0) is 5.54 Å². The number of amides is 1. The van der Waals surface area contributed by atoms with Crippen LogP contribution in [0.5, 0.6) is 0 Å². The Morgan fingerprint density at radius 3 is 2.72 bits per heavy atom. The van der Waals surface area contributed by atoms with E-state index in [1.165, 1.54) is 12.4 Å². The molecule has 1 amide bonds. The summed E-state index contributed by atoms with van der Waals surface area (Å²) in [5.41, 5.74) is 1.08. The van der Waals surface area contributed by atoms with Crippen LogP contribution in [0.2, 0.25) is 0 Å². The molecule has 2 N–H and O–H groups in total. The van der Waals surface area contributed by atoms with E-state index in [9.17, 15) is 9.18 Å². The van der Waals surface area contributed by atoms with Gasteiger partial charge in [-0.2, -0.15) is 0 Å². The van der Waals surface area contributed by atoms with Crippen LogP contribution in [0.25, 0.3) is 0 Å². The van der Waals surface area contributed by atoms with Crippen LogP contribution in [-0.4, -0.2) is 40.2 Å². The van der Waals surface area contributed by atoms with Gasteiger partial charge in [-0.3, -0.25) is 10.1 Å². The van der Waals surface area contributed by atoms with Gasteiger partial charge in [-0.25, -0.2) is 14.4 Å². The molecule has 32 heavy (non-hydrogen) atoms. The molecule has 2 aromatic carbocycles. The third-order valence-corrected chi connectivity index (χ3v) is 7.62. The van der Waals surface area contributed by atoms with Crippen molar-refractivity contribution in [3.8, 4) is 0 Å². The summed E-state index contributed by atoms with van der Waals surface area (Å²) in [6.45, 7) is 1.34. The third-order valence-electron chi connectivity index (χ3n) is 5.96. The van der Waals surface area contributed by atoms with Crippen LogP contribution in [0.4, 0.5) is 10.3 Å². The largest absolute Gasteiger partial charge is 0.338 e. The van der Waals surface area contributed by atoms with E-state index in [4.69, 9.17) is 0 Å². The van der Waals surface area contributed by atoms with E-state index in [1.54, 1.807) is 23.9 Å². The number of hydrogen-bond donors (Lipinski definition) is 2. The van der Waals surface area contributed by atoms with Crippen LogP contribution >= 0.6 is 27.7 Å². The summed E-state index contributed by atoms with van der Waals surface area (Å²) in [7, 11) is 0. The fourth-order valence-electron chi connectivity index (χ4n) is 4.43. The molecule has 3 atom stereocenters. The number of benzene rings is 2. The first-order valence-electron chi connectivity index (χ1n) is 10.3. The van der Waals surface area contributed by atoms with Gasteiger partial charge in [-0.15, -0.1) is 11.8 Å². The van der Waals surface area contributed by atoms with E-state index in [1.807, 2.05) is 30.3 Å². The Bertz CT molecular complexity index is 1120. The van der Waals surface area contributed by atoms with E-state index >= 15 is 0 Å². The standard InChI is InChI=1S/C23H21BrFN5OS/c24-18-8-4-7-16(9-18)23-14-30(21-26-10-19(25)11-27-21)12-17(23)13-32-22(29-23)28-20(31)15-5-2-1-3-6-15/h1-11,17,22,29H,12-14H2,(H,28,31). The summed E-state index contributed by atoms with van der Waals surface area (Å²) in [5, 5.41) is 6.84. The number of rotatable bonds is 4. The molecule has 2 saturated heterocycles. The van der Waals surface area contributed by atoms with Crippen molar-refractivity contribution >= 4 is 39.5 Å². The first-order valence-corrected chi connectivity index (χ1v) is 12.1. The van der Waals surface area contributed by atoms with Crippen LogP contribution in [0.1, 0.15) is 15.9 Å². The minimum absolute atomic E-state index is 0.116. The number of carbonyl (C=O) groups is 1. The number of thioether (sulfide) groups is 1. The average molecular weight is 514 g/mol. The highest BCUT2D eigenvalue weighted by atomic mass is 79.9. The second kappa shape index (κ2) is 8.80. The molecule has 9 heteroatoms. The first kappa shape index (κ1) is 21.4. The topological polar surface area (TPSA) is 70.2 Å². The number of halogens is 2. The van der Waals surface area contributed by atoms with Crippen molar-refractivity contribution in [1.82, 2.24) is 20.6 Å². The third kappa shape index (κ3) is 4.12. The molecule has 2 aliphatic heterocycles. The zero-order valence-electron chi connectivity index (χ0n) is 17.0. The van der Waals surface area contributed by atoms with Crippen molar-refractivity contribution in [3.05, 3.63) is 88.4 Å². The normalized spacial score (nSPS) is 24.8. The number of carbonyl (C=O) groups excluding carboxylic acids is 1. The van der Waals surface area contributed by atoms with E-state index in [2.05, 4.69) is 53.6 Å². The van der Waals surface area contributed by atoms with Crippen LogP contribution in [0.3, 0.4) is 0 Å². The number of fused-ring (bicyclic) bond motifs is 1. The number of nitrogens with zero attached hydrogens (tertiary/aromatic N) is 3. The molecule has 5 rings (SSSR count). The van der Waals surface area contributed by atoms with Gasteiger partial charge in [0.15, 0.2) is 5.82 Å². The molecule has 0 spiro atoms. The van der Waals surface area contributed by atoms with Crippen molar-refractivity contribution < 1.29 is 9.18 Å². The summed E-state index contributed by atoms with van der Waals surface area (Å²) < 4.78 is 14.4. The molecule has 0 bridgehead atoms. The maximum absolute atomic E-state index is 13.4. The average Bonchev–Trinajstić information content (AvgIpc) is 3.20. The van der Waals surface area contributed by atoms with Gasteiger partial charge in [0.2, 0.25) is 5.95 Å². The summed E-state index contributed by atoms with van der Waals surface area (Å²) in [4.78, 5) is 23.3. The summed E-state index contributed by atoms with van der Waals surface area (Å²) in [6, 6.07) is 17.4. The predicted octanol–water partition coefficient (Wildman–Crippen LogP) is 3.76. The van der Waals surface area contributed by atoms with Gasteiger partial charge in [0, 0.05) is 34.8 Å². The lowest BCUT2D eigenvalue weighted by Gasteiger charge is -2.43. The lowest BCUT2D eigenvalue weighted by atomic mass is 9.81. The Hall–Kier alpha value is -2.49. The van der Waals surface area contributed by atoms with E-state index in [-0.39, 0.29) is 17.3 Å². The molecule has 3 heterocycles. The van der Waals surface area contributed by atoms with Gasteiger partial charge in [-0.05, 0) is 29.8 Å². The van der Waals surface area contributed by atoms with Gasteiger partial charge in [-0.1, -0.05) is 46.3 Å². The smallest absolute Gasteiger partial charge is 0.253 e. The second-order valence-corrected chi connectivity index (χ2v) is 10.0. The van der Waals surface area contributed by atoms with Gasteiger partial charge >= 0.3 is 0 Å². The monoisotopic (exact) mass is 513 g/mol. The van der Waals surface area contributed by atoms with Crippen LogP contribution in [0.15, 0.2) is 71.5 Å². The van der Waals surface area contributed by atoms with Crippen molar-refractivity contribution in [2.45, 2.75) is 11.0 Å². The number of aromatic nitrogens is 2. The van der Waals surface area contributed by atoms with E-state index in [0.717, 1.165) is 22.3 Å². The molecule has 2 fully saturated rings. The van der Waals surface area contributed by atoms with Crippen molar-refractivity contribution in [2.24, 2.45) is 5.92 Å². The Balaban J connectivity index is 1.44. The molecule has 0 aliphatic carbocycles. The van der Waals surface area contributed by atoms with Crippen molar-refractivity contribution in [2.75, 3.05) is 23.7 Å². The van der Waals surface area contributed by atoms with Crippen molar-refractivity contribution in [3.63, 3.8) is 0 Å². The fourth-order valence-corrected chi connectivity index (χ4v) is 6.13. The maximum Gasteiger partial charge on any atom is 0.253 e. The van der Waals surface area contributed by atoms with E-state index in [0.29, 0.717) is 18.1 Å². The number of anilines is 1. The van der Waals surface area contributed by atoms with Crippen LogP contribution < -0.4 is 15.5 Å².